The molecule has 0 radical (unpaired) electrons. The number of nitrogens with one attached hydrogen (secondary N) is 2. The van der Waals surface area contributed by atoms with Gasteiger partial charge in [-0.05, 0) is 18.9 Å². The van der Waals surface area contributed by atoms with E-state index in [1.165, 1.54) is 18.2 Å². The van der Waals surface area contributed by atoms with Crippen molar-refractivity contribution in [3.05, 3.63) is 34.2 Å². The highest BCUT2D eigenvalue weighted by atomic mass is 16.4. The minimum absolute atomic E-state index is 0.129. The Morgan fingerprint density at radius 3 is 2.95 bits per heavy atom. The van der Waals surface area contributed by atoms with Gasteiger partial charge in [0.05, 0.1) is 0 Å². The molecule has 1 aromatic heterocycles. The standard InChI is InChI=1S/C12H16N4O3/c13-11(16-19)7-3-1-4-8(7)15-12(18)9-5-2-6-10(17)14-9/h2,5-8,19H,1,3-4H2,(H2,13,16)(H,14,17)(H,15,18). The summed E-state index contributed by atoms with van der Waals surface area (Å²) in [6.07, 6.45) is 2.44. The number of hydrogen-bond acceptors (Lipinski definition) is 4. The lowest BCUT2D eigenvalue weighted by atomic mass is 10.0. The number of nitrogens with zero attached hydrogens (tertiary/aromatic N) is 1. The summed E-state index contributed by atoms with van der Waals surface area (Å²) in [5.41, 5.74) is 5.48. The van der Waals surface area contributed by atoms with E-state index in [0.717, 1.165) is 19.3 Å². The summed E-state index contributed by atoms with van der Waals surface area (Å²) in [4.78, 5) is 25.6. The first-order chi connectivity index (χ1) is 9.11. The summed E-state index contributed by atoms with van der Waals surface area (Å²) < 4.78 is 0. The summed E-state index contributed by atoms with van der Waals surface area (Å²) in [6, 6.07) is 4.21. The van der Waals surface area contributed by atoms with Crippen molar-refractivity contribution in [2.75, 3.05) is 0 Å². The zero-order valence-electron chi connectivity index (χ0n) is 10.3. The van der Waals surface area contributed by atoms with Crippen LogP contribution in [-0.4, -0.2) is 28.0 Å². The quantitative estimate of drug-likeness (QED) is 0.266. The number of pyridine rings is 1. The van der Waals surface area contributed by atoms with Gasteiger partial charge >= 0.3 is 0 Å². The zero-order chi connectivity index (χ0) is 13.8. The van der Waals surface area contributed by atoms with Gasteiger partial charge in [-0.3, -0.25) is 9.59 Å². The molecule has 0 bridgehead atoms. The van der Waals surface area contributed by atoms with Gasteiger partial charge in [-0.2, -0.15) is 0 Å². The molecule has 0 aromatic carbocycles. The van der Waals surface area contributed by atoms with Gasteiger partial charge in [0.2, 0.25) is 5.56 Å². The van der Waals surface area contributed by atoms with E-state index < -0.39 is 0 Å². The van der Waals surface area contributed by atoms with Crippen LogP contribution in [0.4, 0.5) is 0 Å². The molecule has 1 amide bonds. The van der Waals surface area contributed by atoms with Crippen molar-refractivity contribution in [1.29, 1.82) is 0 Å². The monoisotopic (exact) mass is 264 g/mol. The number of oxime groups is 1. The second-order valence-corrected chi connectivity index (χ2v) is 4.57. The second-order valence-electron chi connectivity index (χ2n) is 4.57. The van der Waals surface area contributed by atoms with E-state index in [9.17, 15) is 9.59 Å². The Balaban J connectivity index is 2.08. The van der Waals surface area contributed by atoms with E-state index in [2.05, 4.69) is 15.5 Å². The van der Waals surface area contributed by atoms with Crippen molar-refractivity contribution in [3.8, 4) is 0 Å². The van der Waals surface area contributed by atoms with Crippen LogP contribution < -0.4 is 16.6 Å². The molecule has 2 atom stereocenters. The van der Waals surface area contributed by atoms with Crippen LogP contribution in [0.5, 0.6) is 0 Å². The first-order valence-corrected chi connectivity index (χ1v) is 6.09. The number of aromatic amines is 1. The molecule has 1 aromatic rings. The van der Waals surface area contributed by atoms with E-state index in [1.807, 2.05) is 0 Å². The number of aromatic nitrogens is 1. The van der Waals surface area contributed by atoms with Crippen LogP contribution in [0.1, 0.15) is 29.8 Å². The number of hydrogen-bond donors (Lipinski definition) is 4. The molecule has 2 rings (SSSR count). The van der Waals surface area contributed by atoms with Gasteiger partial charge in [0.1, 0.15) is 11.5 Å². The fourth-order valence-corrected chi connectivity index (χ4v) is 2.39. The van der Waals surface area contributed by atoms with E-state index in [4.69, 9.17) is 10.9 Å². The highest BCUT2D eigenvalue weighted by Gasteiger charge is 2.32. The van der Waals surface area contributed by atoms with E-state index in [-0.39, 0.29) is 35.0 Å². The average Bonchev–Trinajstić information content (AvgIpc) is 2.86. The Bertz CT molecular complexity index is 552. The van der Waals surface area contributed by atoms with Crippen molar-refractivity contribution in [2.24, 2.45) is 16.8 Å². The fourth-order valence-electron chi connectivity index (χ4n) is 2.39. The van der Waals surface area contributed by atoms with E-state index in [0.29, 0.717) is 0 Å². The van der Waals surface area contributed by atoms with Gasteiger partial charge in [0, 0.05) is 18.0 Å². The molecule has 1 fully saturated rings. The zero-order valence-corrected chi connectivity index (χ0v) is 10.3. The van der Waals surface area contributed by atoms with Crippen molar-refractivity contribution in [2.45, 2.75) is 25.3 Å². The highest BCUT2D eigenvalue weighted by molar-refractivity contribution is 5.93. The van der Waals surface area contributed by atoms with Crippen LogP contribution in [0.3, 0.4) is 0 Å². The third kappa shape index (κ3) is 2.93. The van der Waals surface area contributed by atoms with Crippen molar-refractivity contribution >= 4 is 11.7 Å². The van der Waals surface area contributed by atoms with E-state index >= 15 is 0 Å². The molecule has 0 spiro atoms. The van der Waals surface area contributed by atoms with Crippen molar-refractivity contribution in [3.63, 3.8) is 0 Å². The highest BCUT2D eigenvalue weighted by Crippen LogP contribution is 2.25. The molecule has 102 valence electrons. The smallest absolute Gasteiger partial charge is 0.268 e. The molecule has 5 N–H and O–H groups in total. The number of amides is 1. The van der Waals surface area contributed by atoms with Gasteiger partial charge in [-0.15, -0.1) is 0 Å². The molecular formula is C12H16N4O3. The van der Waals surface area contributed by atoms with Crippen LogP contribution in [0, 0.1) is 5.92 Å². The molecule has 0 aliphatic heterocycles. The Labute approximate surface area is 109 Å². The Morgan fingerprint density at radius 1 is 1.47 bits per heavy atom. The SMILES string of the molecule is N/C(=N/O)C1CCCC1NC(=O)c1cccc(=O)[nH]1. The molecule has 1 aliphatic rings. The number of carbonyl (C=O) groups is 1. The Hall–Kier alpha value is -2.31. The van der Waals surface area contributed by atoms with Gasteiger partial charge < -0.3 is 21.2 Å². The minimum atomic E-state index is -0.361. The summed E-state index contributed by atoms with van der Waals surface area (Å²) in [6.45, 7) is 0. The third-order valence-electron chi connectivity index (χ3n) is 3.34. The summed E-state index contributed by atoms with van der Waals surface area (Å²) >= 11 is 0. The lowest BCUT2D eigenvalue weighted by Crippen LogP contribution is -2.42. The van der Waals surface area contributed by atoms with Crippen molar-refractivity contribution in [1.82, 2.24) is 10.3 Å². The lowest BCUT2D eigenvalue weighted by molar-refractivity contribution is 0.0928. The maximum atomic E-state index is 12.0. The van der Waals surface area contributed by atoms with Crippen LogP contribution in [0.25, 0.3) is 0 Å². The first-order valence-electron chi connectivity index (χ1n) is 6.09. The van der Waals surface area contributed by atoms with Crippen LogP contribution in [-0.2, 0) is 0 Å². The van der Waals surface area contributed by atoms with Gasteiger partial charge in [0.25, 0.3) is 5.91 Å². The predicted octanol–water partition coefficient (Wildman–Crippen LogP) is 0.0198. The molecule has 1 heterocycles. The molecule has 7 heteroatoms. The predicted molar refractivity (Wildman–Crippen MR) is 69.1 cm³/mol. The first kappa shape index (κ1) is 13.1. The second kappa shape index (κ2) is 5.55. The lowest BCUT2D eigenvalue weighted by Gasteiger charge is -2.19. The minimum Gasteiger partial charge on any atom is -0.409 e. The van der Waals surface area contributed by atoms with Gasteiger partial charge in [-0.1, -0.05) is 17.6 Å². The Morgan fingerprint density at radius 2 is 2.26 bits per heavy atom. The summed E-state index contributed by atoms with van der Waals surface area (Å²) in [7, 11) is 0. The molecular weight excluding hydrogens is 248 g/mol. The van der Waals surface area contributed by atoms with Crippen molar-refractivity contribution < 1.29 is 10.0 Å². The van der Waals surface area contributed by atoms with Gasteiger partial charge in [0.15, 0.2) is 0 Å². The van der Waals surface area contributed by atoms with Crippen LogP contribution >= 0.6 is 0 Å². The average molecular weight is 264 g/mol. The number of nitrogens with two attached hydrogens (primary N) is 1. The topological polar surface area (TPSA) is 121 Å². The number of carbonyl (C=O) groups excluding carboxylic acids is 1. The Kier molecular flexibility index (Phi) is 3.84. The van der Waals surface area contributed by atoms with Crippen LogP contribution in [0.2, 0.25) is 0 Å². The maximum Gasteiger partial charge on any atom is 0.268 e. The normalized spacial score (nSPS) is 23.3. The van der Waals surface area contributed by atoms with Gasteiger partial charge in [-0.25, -0.2) is 0 Å². The summed E-state index contributed by atoms with van der Waals surface area (Å²) in [5, 5.41) is 14.5. The summed E-state index contributed by atoms with van der Waals surface area (Å²) in [5.74, 6) is -0.394. The largest absolute Gasteiger partial charge is 0.409 e. The van der Waals surface area contributed by atoms with E-state index in [1.54, 1.807) is 0 Å². The molecule has 1 aliphatic carbocycles. The molecule has 2 unspecified atom stereocenters. The molecule has 1 saturated carbocycles. The molecule has 7 nitrogen and oxygen atoms in total. The fraction of sp³-hybridized carbons (Fsp3) is 0.417. The maximum absolute atomic E-state index is 12.0. The van der Waals surface area contributed by atoms with Crippen LogP contribution in [0.15, 0.2) is 28.1 Å². The number of rotatable bonds is 3. The molecule has 0 saturated heterocycles. The number of amidine groups is 1. The molecule has 19 heavy (non-hydrogen) atoms. The number of H-pyrrole nitrogens is 1. The third-order valence-corrected chi connectivity index (χ3v) is 3.34.